The van der Waals surface area contributed by atoms with Gasteiger partial charge >= 0.3 is 0 Å². The molecule has 0 saturated heterocycles. The van der Waals surface area contributed by atoms with Crippen molar-refractivity contribution in [3.8, 4) is 0 Å². The third-order valence-electron chi connectivity index (χ3n) is 1.16. The fourth-order valence-electron chi connectivity index (χ4n) is 0.550. The van der Waals surface area contributed by atoms with Gasteiger partial charge in [-0.3, -0.25) is 0 Å². The molecule has 0 atom stereocenters. The zero-order valence-electron chi connectivity index (χ0n) is 5.30. The van der Waals surface area contributed by atoms with Crippen LogP contribution in [0.2, 0.25) is 0 Å². The van der Waals surface area contributed by atoms with Gasteiger partial charge in [-0.05, 0) is 26.1 Å². The number of nitrogens with zero attached hydrogens (tertiary/aromatic N) is 2. The fraction of sp³-hybridized carbons (Fsp3) is 0.333. The highest BCUT2D eigenvalue weighted by molar-refractivity contribution is 7.78. The Morgan fingerprint density at radius 1 is 1.22 bits per heavy atom. The Morgan fingerprint density at radius 2 is 1.67 bits per heavy atom. The molecule has 0 aromatic carbocycles. The molecule has 46 valence electrons. The van der Waals surface area contributed by atoms with Crippen molar-refractivity contribution in [1.29, 1.82) is 0 Å². The molecule has 0 aromatic rings. The summed E-state index contributed by atoms with van der Waals surface area (Å²) >= 11 is 4.52. The van der Waals surface area contributed by atoms with Gasteiger partial charge in [-0.1, -0.05) is 0 Å². The molecule has 1 aliphatic heterocycles. The highest BCUT2D eigenvalue weighted by Gasteiger charge is 2.05. The summed E-state index contributed by atoms with van der Waals surface area (Å²) in [6, 6.07) is 0. The van der Waals surface area contributed by atoms with E-state index in [4.69, 9.17) is 0 Å². The lowest BCUT2D eigenvalue weighted by Gasteiger charge is -1.81. The summed E-state index contributed by atoms with van der Waals surface area (Å²) in [4.78, 5) is 8.00. The smallest absolute Gasteiger partial charge is 0.208 e. The Labute approximate surface area is 59.0 Å². The molecular formula is C6H6N2S. The van der Waals surface area contributed by atoms with E-state index < -0.39 is 0 Å². The first-order chi connectivity index (χ1) is 4.24. The molecule has 1 heterocycles. The first kappa shape index (κ1) is 6.33. The van der Waals surface area contributed by atoms with Gasteiger partial charge in [-0.15, -0.1) is 0 Å². The molecule has 2 nitrogen and oxygen atoms in total. The lowest BCUT2D eigenvalue weighted by atomic mass is 10.3. The van der Waals surface area contributed by atoms with E-state index in [-0.39, 0.29) is 0 Å². The molecule has 0 saturated carbocycles. The van der Waals surface area contributed by atoms with Gasteiger partial charge in [0.15, 0.2) is 0 Å². The average molecular weight is 138 g/mol. The minimum absolute atomic E-state index is 0.528. The third-order valence-corrected chi connectivity index (χ3v) is 1.34. The van der Waals surface area contributed by atoms with Crippen LogP contribution < -0.4 is 0 Å². The van der Waals surface area contributed by atoms with Crippen molar-refractivity contribution in [2.75, 3.05) is 0 Å². The number of hydrogen-bond donors (Lipinski definition) is 0. The van der Waals surface area contributed by atoms with Crippen LogP contribution in [-0.2, 0) is 0 Å². The van der Waals surface area contributed by atoms with Crippen molar-refractivity contribution in [3.05, 3.63) is 5.82 Å². The van der Waals surface area contributed by atoms with Crippen LogP contribution in [0.15, 0.2) is 15.8 Å². The van der Waals surface area contributed by atoms with Gasteiger partial charge in [0.1, 0.15) is 0 Å². The summed E-state index contributed by atoms with van der Waals surface area (Å²) in [6.07, 6.45) is 0. The fourth-order valence-corrected chi connectivity index (χ4v) is 0.641. The van der Waals surface area contributed by atoms with Crippen molar-refractivity contribution in [2.24, 2.45) is 9.98 Å². The Balaban J connectivity index is 3.10. The second-order valence-electron chi connectivity index (χ2n) is 1.82. The van der Waals surface area contributed by atoms with Crippen LogP contribution in [-0.4, -0.2) is 16.4 Å². The zero-order chi connectivity index (χ0) is 6.85. The van der Waals surface area contributed by atoms with Gasteiger partial charge in [0.05, 0.1) is 11.4 Å². The second-order valence-corrected chi connectivity index (χ2v) is 2.02. The molecule has 0 spiro atoms. The standard InChI is InChI=1S/C6H6N2S/c1-4-5(2)8-6(3-9)7-4/h1-2H3. The van der Waals surface area contributed by atoms with Gasteiger partial charge in [-0.2, -0.15) is 0 Å². The van der Waals surface area contributed by atoms with E-state index in [1.54, 1.807) is 0 Å². The number of rotatable bonds is 0. The number of aliphatic imine (C=N–C) groups is 2. The topological polar surface area (TPSA) is 24.7 Å². The molecule has 9 heavy (non-hydrogen) atoms. The predicted octanol–water partition coefficient (Wildman–Crippen LogP) is 1.36. The zero-order valence-corrected chi connectivity index (χ0v) is 6.12. The average Bonchev–Trinajstić information content (AvgIpc) is 2.13. The molecule has 0 unspecified atom stereocenters. The molecule has 0 amide bonds. The Hall–Kier alpha value is -0.790. The Kier molecular flexibility index (Phi) is 1.56. The number of hydrogen-bond acceptors (Lipinski definition) is 3. The van der Waals surface area contributed by atoms with Gasteiger partial charge < -0.3 is 0 Å². The molecule has 0 N–H and O–H groups in total. The summed E-state index contributed by atoms with van der Waals surface area (Å²) in [5, 5.41) is 2.45. The van der Waals surface area contributed by atoms with Crippen LogP contribution >= 0.6 is 12.2 Å². The van der Waals surface area contributed by atoms with E-state index in [1.807, 2.05) is 13.8 Å². The third kappa shape index (κ3) is 1.12. The lowest BCUT2D eigenvalue weighted by Crippen LogP contribution is -1.98. The van der Waals surface area contributed by atoms with Crippen molar-refractivity contribution in [1.82, 2.24) is 0 Å². The van der Waals surface area contributed by atoms with E-state index in [1.165, 1.54) is 0 Å². The molecular weight excluding hydrogens is 132 g/mol. The Morgan fingerprint density at radius 3 is 1.89 bits per heavy atom. The highest BCUT2D eigenvalue weighted by atomic mass is 32.1. The molecule has 0 aromatic heterocycles. The monoisotopic (exact) mass is 138 g/mol. The SMILES string of the molecule is CC1=NC(=C=S)N=C1C. The highest BCUT2D eigenvalue weighted by Crippen LogP contribution is 2.05. The normalized spacial score (nSPS) is 16.9. The summed E-state index contributed by atoms with van der Waals surface area (Å²) in [6.45, 7) is 3.80. The van der Waals surface area contributed by atoms with E-state index in [9.17, 15) is 0 Å². The summed E-state index contributed by atoms with van der Waals surface area (Å²) in [7, 11) is 0. The van der Waals surface area contributed by atoms with E-state index in [2.05, 4.69) is 27.2 Å². The van der Waals surface area contributed by atoms with Crippen molar-refractivity contribution >= 4 is 28.7 Å². The maximum absolute atomic E-state index is 4.52. The van der Waals surface area contributed by atoms with Gasteiger partial charge in [-0.25, -0.2) is 9.98 Å². The van der Waals surface area contributed by atoms with Crippen LogP contribution in [0, 0.1) is 0 Å². The number of thiocarbonyl (C=S) groups is 1. The first-order valence-corrected chi connectivity index (χ1v) is 3.01. The molecule has 0 bridgehead atoms. The quantitative estimate of drug-likeness (QED) is 0.464. The molecule has 1 aliphatic rings. The largest absolute Gasteiger partial charge is 0.224 e. The van der Waals surface area contributed by atoms with Gasteiger partial charge in [0.25, 0.3) is 0 Å². The second kappa shape index (κ2) is 2.21. The van der Waals surface area contributed by atoms with Crippen LogP contribution in [0.1, 0.15) is 13.8 Å². The molecule has 1 rings (SSSR count). The minimum atomic E-state index is 0.528. The summed E-state index contributed by atoms with van der Waals surface area (Å²) < 4.78 is 0. The maximum Gasteiger partial charge on any atom is 0.208 e. The molecule has 3 heteroatoms. The lowest BCUT2D eigenvalue weighted by molar-refractivity contribution is 1.32. The van der Waals surface area contributed by atoms with Crippen LogP contribution in [0.4, 0.5) is 0 Å². The maximum atomic E-state index is 4.52. The van der Waals surface area contributed by atoms with Crippen LogP contribution in [0.5, 0.6) is 0 Å². The van der Waals surface area contributed by atoms with E-state index >= 15 is 0 Å². The van der Waals surface area contributed by atoms with Gasteiger partial charge in [0, 0.05) is 5.02 Å². The first-order valence-electron chi connectivity index (χ1n) is 2.60. The van der Waals surface area contributed by atoms with Crippen LogP contribution in [0.25, 0.3) is 0 Å². The van der Waals surface area contributed by atoms with Crippen molar-refractivity contribution in [2.45, 2.75) is 13.8 Å². The Bertz CT molecular complexity index is 224. The predicted molar refractivity (Wildman–Crippen MR) is 42.3 cm³/mol. The summed E-state index contributed by atoms with van der Waals surface area (Å²) in [5.74, 6) is 0.528. The van der Waals surface area contributed by atoms with Crippen molar-refractivity contribution in [3.63, 3.8) is 0 Å². The van der Waals surface area contributed by atoms with Gasteiger partial charge in [0.2, 0.25) is 5.82 Å². The molecule has 0 fully saturated rings. The van der Waals surface area contributed by atoms with E-state index in [0.29, 0.717) is 5.82 Å². The molecule has 0 aliphatic carbocycles. The summed E-state index contributed by atoms with van der Waals surface area (Å²) in [5.41, 5.74) is 1.87. The minimum Gasteiger partial charge on any atom is -0.224 e. The van der Waals surface area contributed by atoms with Crippen molar-refractivity contribution < 1.29 is 0 Å². The van der Waals surface area contributed by atoms with E-state index in [0.717, 1.165) is 11.4 Å². The van der Waals surface area contributed by atoms with Crippen LogP contribution in [0.3, 0.4) is 0 Å². The molecule has 0 radical (unpaired) electrons.